The zero-order valence-electron chi connectivity index (χ0n) is 18.3. The number of aryl methyl sites for hydroxylation is 1. The summed E-state index contributed by atoms with van der Waals surface area (Å²) in [4.78, 5) is 31.3. The van der Waals surface area contributed by atoms with Crippen LogP contribution >= 0.6 is 0 Å². The molecule has 2 aromatic carbocycles. The number of benzene rings is 2. The Hall–Kier alpha value is -3.95. The van der Waals surface area contributed by atoms with Gasteiger partial charge in [0.15, 0.2) is 11.5 Å². The van der Waals surface area contributed by atoms with Gasteiger partial charge in [0, 0.05) is 49.2 Å². The SMILES string of the molecule is O=C(Nc1ccc2c(c1)OCO2)C1CCN(C(=O)CCc2nc(-c3ccc(F)cc3)no2)CC1. The van der Waals surface area contributed by atoms with Crippen LogP contribution in [-0.4, -0.2) is 46.7 Å². The number of carbonyl (C=O) groups excluding carboxylic acids is 2. The Morgan fingerprint density at radius 2 is 1.82 bits per heavy atom. The molecule has 1 fully saturated rings. The molecule has 2 aliphatic rings. The second kappa shape index (κ2) is 9.50. The highest BCUT2D eigenvalue weighted by molar-refractivity contribution is 5.93. The maximum absolute atomic E-state index is 13.1. The van der Waals surface area contributed by atoms with Crippen LogP contribution in [0.2, 0.25) is 0 Å². The van der Waals surface area contributed by atoms with Gasteiger partial charge in [0.2, 0.25) is 30.3 Å². The molecule has 0 radical (unpaired) electrons. The summed E-state index contributed by atoms with van der Waals surface area (Å²) in [5, 5.41) is 6.82. The highest BCUT2D eigenvalue weighted by Crippen LogP contribution is 2.34. The number of anilines is 1. The van der Waals surface area contributed by atoms with E-state index in [1.165, 1.54) is 12.1 Å². The maximum atomic E-state index is 13.1. The zero-order chi connectivity index (χ0) is 23.5. The smallest absolute Gasteiger partial charge is 0.231 e. The van der Waals surface area contributed by atoms with Gasteiger partial charge in [0.25, 0.3) is 0 Å². The van der Waals surface area contributed by atoms with Crippen LogP contribution in [-0.2, 0) is 16.0 Å². The molecule has 9 nitrogen and oxygen atoms in total. The number of fused-ring (bicyclic) bond motifs is 1. The van der Waals surface area contributed by atoms with Gasteiger partial charge >= 0.3 is 0 Å². The third-order valence-electron chi connectivity index (χ3n) is 5.98. The van der Waals surface area contributed by atoms with Crippen molar-refractivity contribution in [1.29, 1.82) is 0 Å². The Morgan fingerprint density at radius 1 is 1.06 bits per heavy atom. The average Bonchev–Trinajstić information content (AvgIpc) is 3.52. The van der Waals surface area contributed by atoms with E-state index in [0.717, 1.165) is 0 Å². The molecule has 0 aliphatic carbocycles. The van der Waals surface area contributed by atoms with Crippen LogP contribution in [0.3, 0.4) is 0 Å². The molecule has 3 aromatic rings. The number of carbonyl (C=O) groups is 2. The van der Waals surface area contributed by atoms with Gasteiger partial charge in [-0.25, -0.2) is 4.39 Å². The molecule has 0 atom stereocenters. The molecular formula is C24H23FN4O5. The van der Waals surface area contributed by atoms with Crippen molar-refractivity contribution in [3.63, 3.8) is 0 Å². The first-order valence-electron chi connectivity index (χ1n) is 11.1. The fourth-order valence-electron chi connectivity index (χ4n) is 4.05. The van der Waals surface area contributed by atoms with E-state index in [4.69, 9.17) is 14.0 Å². The monoisotopic (exact) mass is 466 g/mol. The van der Waals surface area contributed by atoms with Crippen molar-refractivity contribution < 1.29 is 28.0 Å². The van der Waals surface area contributed by atoms with Crippen molar-refractivity contribution in [2.45, 2.75) is 25.7 Å². The lowest BCUT2D eigenvalue weighted by atomic mass is 9.95. The standard InChI is InChI=1S/C24H23FN4O5/c25-17-3-1-15(2-4-17)23-27-21(34-28-23)7-8-22(30)29-11-9-16(10-12-29)24(31)26-18-5-6-19-20(13-18)33-14-32-19/h1-6,13,16H,7-12,14H2,(H,26,31). The Morgan fingerprint density at radius 3 is 2.62 bits per heavy atom. The van der Waals surface area contributed by atoms with E-state index < -0.39 is 0 Å². The summed E-state index contributed by atoms with van der Waals surface area (Å²) < 4.78 is 28.9. The van der Waals surface area contributed by atoms with Crippen LogP contribution in [0.15, 0.2) is 47.0 Å². The Labute approximate surface area is 194 Å². The van der Waals surface area contributed by atoms with Gasteiger partial charge in [0.05, 0.1) is 0 Å². The van der Waals surface area contributed by atoms with Gasteiger partial charge in [-0.05, 0) is 49.2 Å². The highest BCUT2D eigenvalue weighted by atomic mass is 19.1. The van der Waals surface area contributed by atoms with E-state index in [1.54, 1.807) is 35.2 Å². The van der Waals surface area contributed by atoms with Crippen molar-refractivity contribution in [2.75, 3.05) is 25.2 Å². The Balaban J connectivity index is 1.08. The van der Waals surface area contributed by atoms with Gasteiger partial charge < -0.3 is 24.2 Å². The summed E-state index contributed by atoms with van der Waals surface area (Å²) in [6.45, 7) is 1.21. The minimum atomic E-state index is -0.341. The molecule has 5 rings (SSSR count). The van der Waals surface area contributed by atoms with Crippen molar-refractivity contribution in [3.05, 3.63) is 54.2 Å². The number of hydrogen-bond donors (Lipinski definition) is 1. The largest absolute Gasteiger partial charge is 0.454 e. The highest BCUT2D eigenvalue weighted by Gasteiger charge is 2.28. The molecule has 176 valence electrons. The second-order valence-corrected chi connectivity index (χ2v) is 8.23. The number of nitrogens with one attached hydrogen (secondary N) is 1. The molecule has 3 heterocycles. The number of aromatic nitrogens is 2. The van der Waals surface area contributed by atoms with E-state index >= 15 is 0 Å². The summed E-state index contributed by atoms with van der Waals surface area (Å²) in [6.07, 6.45) is 1.74. The topological polar surface area (TPSA) is 107 Å². The molecule has 34 heavy (non-hydrogen) atoms. The first-order chi connectivity index (χ1) is 16.5. The third kappa shape index (κ3) is 4.85. The van der Waals surface area contributed by atoms with E-state index in [1.807, 2.05) is 0 Å². The van der Waals surface area contributed by atoms with Crippen LogP contribution in [0.25, 0.3) is 11.4 Å². The van der Waals surface area contributed by atoms with Crippen molar-refractivity contribution in [1.82, 2.24) is 15.0 Å². The summed E-state index contributed by atoms with van der Waals surface area (Å²) in [5.74, 6) is 1.40. The number of nitrogens with zero attached hydrogens (tertiary/aromatic N) is 3. The molecule has 0 bridgehead atoms. The number of rotatable bonds is 6. The van der Waals surface area contributed by atoms with Crippen molar-refractivity contribution in [2.24, 2.45) is 5.92 Å². The van der Waals surface area contributed by atoms with Gasteiger partial charge in [-0.2, -0.15) is 4.98 Å². The van der Waals surface area contributed by atoms with Crippen LogP contribution in [0.1, 0.15) is 25.2 Å². The van der Waals surface area contributed by atoms with E-state index in [0.29, 0.717) is 66.8 Å². The predicted octanol–water partition coefficient (Wildman–Crippen LogP) is 3.41. The molecular weight excluding hydrogens is 443 g/mol. The summed E-state index contributed by atoms with van der Waals surface area (Å²) >= 11 is 0. The summed E-state index contributed by atoms with van der Waals surface area (Å²) in [7, 11) is 0. The summed E-state index contributed by atoms with van der Waals surface area (Å²) in [6, 6.07) is 11.1. The quantitative estimate of drug-likeness (QED) is 0.593. The van der Waals surface area contributed by atoms with Gasteiger partial charge in [-0.1, -0.05) is 5.16 Å². The summed E-state index contributed by atoms with van der Waals surface area (Å²) in [5.41, 5.74) is 1.30. The number of piperidine rings is 1. The molecule has 1 N–H and O–H groups in total. The first kappa shape index (κ1) is 21.9. The zero-order valence-corrected chi connectivity index (χ0v) is 18.3. The van der Waals surface area contributed by atoms with E-state index in [9.17, 15) is 14.0 Å². The number of likely N-dealkylation sites (tertiary alicyclic amines) is 1. The maximum Gasteiger partial charge on any atom is 0.231 e. The molecule has 1 saturated heterocycles. The number of amides is 2. The molecule has 2 amide bonds. The normalized spacial score (nSPS) is 15.4. The third-order valence-corrected chi connectivity index (χ3v) is 5.98. The van der Waals surface area contributed by atoms with Crippen molar-refractivity contribution in [3.8, 4) is 22.9 Å². The average molecular weight is 466 g/mol. The van der Waals surface area contributed by atoms with Crippen LogP contribution < -0.4 is 14.8 Å². The Kier molecular flexibility index (Phi) is 6.11. The number of ether oxygens (including phenoxy) is 2. The van der Waals surface area contributed by atoms with Gasteiger partial charge in [-0.15, -0.1) is 0 Å². The first-order valence-corrected chi connectivity index (χ1v) is 11.1. The molecule has 1 aromatic heterocycles. The lowest BCUT2D eigenvalue weighted by Crippen LogP contribution is -2.41. The predicted molar refractivity (Wildman–Crippen MR) is 119 cm³/mol. The fourth-order valence-corrected chi connectivity index (χ4v) is 4.05. The minimum absolute atomic E-state index is 0.0174. The van der Waals surface area contributed by atoms with Gasteiger partial charge in [-0.3, -0.25) is 9.59 Å². The van der Waals surface area contributed by atoms with E-state index in [-0.39, 0.29) is 36.8 Å². The van der Waals surface area contributed by atoms with E-state index in [2.05, 4.69) is 15.5 Å². The fraction of sp³-hybridized carbons (Fsp3) is 0.333. The molecule has 0 spiro atoms. The molecule has 10 heteroatoms. The lowest BCUT2D eigenvalue weighted by Gasteiger charge is -2.31. The molecule has 0 saturated carbocycles. The lowest BCUT2D eigenvalue weighted by molar-refractivity contribution is -0.134. The van der Waals surface area contributed by atoms with Crippen molar-refractivity contribution >= 4 is 17.5 Å². The van der Waals surface area contributed by atoms with Gasteiger partial charge in [0.1, 0.15) is 5.82 Å². The molecule has 2 aliphatic heterocycles. The van der Waals surface area contributed by atoms with Crippen LogP contribution in [0.4, 0.5) is 10.1 Å². The number of hydrogen-bond acceptors (Lipinski definition) is 7. The second-order valence-electron chi connectivity index (χ2n) is 8.23. The van der Waals surface area contributed by atoms with Crippen LogP contribution in [0, 0.1) is 11.7 Å². The minimum Gasteiger partial charge on any atom is -0.454 e. The number of halogens is 1. The Bertz CT molecular complexity index is 1190. The van der Waals surface area contributed by atoms with Crippen LogP contribution in [0.5, 0.6) is 11.5 Å². The molecule has 0 unspecified atom stereocenters.